The van der Waals surface area contributed by atoms with E-state index in [-0.39, 0.29) is 47.5 Å². The van der Waals surface area contributed by atoms with Crippen molar-refractivity contribution in [3.8, 4) is 0 Å². The van der Waals surface area contributed by atoms with Gasteiger partial charge in [0, 0.05) is 8.80 Å². The zero-order valence-corrected chi connectivity index (χ0v) is 13.1. The fourth-order valence-electron chi connectivity index (χ4n) is 1.09. The van der Waals surface area contributed by atoms with Gasteiger partial charge in [-0.2, -0.15) is 6.42 Å². The molecule has 0 saturated carbocycles. The van der Waals surface area contributed by atoms with Gasteiger partial charge in [-0.05, 0) is 12.1 Å². The van der Waals surface area contributed by atoms with Crippen LogP contribution in [-0.4, -0.2) is 31.8 Å². The second-order valence-corrected chi connectivity index (χ2v) is 5.81. The van der Waals surface area contributed by atoms with Gasteiger partial charge in [0.1, 0.15) is 0 Å². The number of allylic oxidation sites excluding steroid dienone is 2. The van der Waals surface area contributed by atoms with Crippen LogP contribution in [-0.2, 0) is 0 Å². The van der Waals surface area contributed by atoms with E-state index in [1.54, 1.807) is 0 Å². The summed E-state index contributed by atoms with van der Waals surface area (Å²) in [6.45, 7) is 11.3. The van der Waals surface area contributed by atoms with Gasteiger partial charge in [0.15, 0.2) is 0 Å². The summed E-state index contributed by atoms with van der Waals surface area (Å²) in [6.07, 6.45) is 5.16. The first-order valence-electron chi connectivity index (χ1n) is 3.86. The molecule has 0 aliphatic heterocycles. The molecule has 3 heteroatoms. The van der Waals surface area contributed by atoms with Crippen molar-refractivity contribution < 1.29 is 0 Å². The molecule has 0 N–H and O–H groups in total. The quantitative estimate of drug-likeness (QED) is 0.395. The van der Waals surface area contributed by atoms with Crippen LogP contribution in [0.3, 0.4) is 0 Å². The molecule has 13 heavy (non-hydrogen) atoms. The predicted octanol–water partition coefficient (Wildman–Crippen LogP) is 3.46. The molecule has 0 atom stereocenters. The molecule has 0 aromatic carbocycles. The van der Waals surface area contributed by atoms with E-state index < -0.39 is 8.80 Å². The molecule has 0 aromatic heterocycles. The van der Waals surface area contributed by atoms with Gasteiger partial charge >= 0.3 is 23.1 Å². The minimum atomic E-state index is -0.532. The average Bonchev–Trinajstić information content (AvgIpc) is 1.90. The molecule has 0 bridgehead atoms. The van der Waals surface area contributed by atoms with Crippen LogP contribution in [0.5, 0.6) is 0 Å². The first-order valence-corrected chi connectivity index (χ1v) is 6.31. The first-order chi connectivity index (χ1) is 4.85. The van der Waals surface area contributed by atoms with Gasteiger partial charge in [0.05, 0.1) is 0 Å². The summed E-state index contributed by atoms with van der Waals surface area (Å²) in [6, 6.07) is 3.81. The Kier molecular flexibility index (Phi) is 33.9. The molecule has 74 valence electrons. The Morgan fingerprint density at radius 3 is 1.77 bits per heavy atom. The normalized spacial score (nSPS) is 7.54. The molecule has 0 aliphatic rings. The molecule has 0 fully saturated rings. The van der Waals surface area contributed by atoms with E-state index in [2.05, 4.69) is 20.1 Å². The third-order valence-electron chi connectivity index (χ3n) is 1.61. The Bertz CT molecular complexity index is 97.1. The van der Waals surface area contributed by atoms with E-state index in [9.17, 15) is 0 Å². The van der Waals surface area contributed by atoms with Crippen molar-refractivity contribution in [3.63, 3.8) is 0 Å². The van der Waals surface area contributed by atoms with Crippen molar-refractivity contribution in [1.29, 1.82) is 0 Å². The van der Waals surface area contributed by atoms with Crippen LogP contribution < -0.4 is 0 Å². The molecule has 0 nitrogen and oxygen atoms in total. The van der Waals surface area contributed by atoms with Crippen LogP contribution in [0, 0.1) is 14.4 Å². The summed E-state index contributed by atoms with van der Waals surface area (Å²) in [5.41, 5.74) is 0. The van der Waals surface area contributed by atoms with Crippen molar-refractivity contribution >= 4 is 48.8 Å². The standard InChI is InChI=1S/C9H17Si.CH3.BrH.Mg/c1-4-7-10(8-5-2)9-6-3;;;/h4-5,10H,1-3,6-9H2;1H3;1H;/q2*-1;;+2. The predicted molar refractivity (Wildman–Crippen MR) is 74.4 cm³/mol. The summed E-state index contributed by atoms with van der Waals surface area (Å²) in [7, 11) is -0.532. The Morgan fingerprint density at radius 2 is 1.54 bits per heavy atom. The monoisotopic (exact) mass is 272 g/mol. The summed E-state index contributed by atoms with van der Waals surface area (Å²) < 4.78 is 0. The Morgan fingerprint density at radius 1 is 1.15 bits per heavy atom. The van der Waals surface area contributed by atoms with Crippen molar-refractivity contribution in [2.45, 2.75) is 24.6 Å². The van der Waals surface area contributed by atoms with Crippen molar-refractivity contribution in [2.75, 3.05) is 0 Å². The fourth-order valence-corrected chi connectivity index (χ4v) is 3.28. The molecule has 0 aromatic rings. The second-order valence-electron chi connectivity index (χ2n) is 2.56. The molecule has 0 amide bonds. The maximum atomic E-state index is 3.86. The van der Waals surface area contributed by atoms with Gasteiger partial charge in [-0.1, -0.05) is 18.2 Å². The molecule has 0 aliphatic carbocycles. The zero-order valence-electron chi connectivity index (χ0n) is 8.80. The van der Waals surface area contributed by atoms with Crippen molar-refractivity contribution in [1.82, 2.24) is 0 Å². The minimum absolute atomic E-state index is 0. The molecule has 0 heterocycles. The number of rotatable bonds is 6. The fraction of sp³-hybridized carbons (Fsp3) is 0.400. The molecular weight excluding hydrogens is 252 g/mol. The Labute approximate surface area is 112 Å². The molecule has 0 rings (SSSR count). The van der Waals surface area contributed by atoms with Gasteiger partial charge in [-0.3, -0.25) is 0 Å². The van der Waals surface area contributed by atoms with E-state index in [4.69, 9.17) is 0 Å². The van der Waals surface area contributed by atoms with Crippen LogP contribution in [0.4, 0.5) is 0 Å². The van der Waals surface area contributed by atoms with Crippen LogP contribution in [0.1, 0.15) is 6.42 Å². The first kappa shape index (κ1) is 23.6. The second kappa shape index (κ2) is 18.7. The van der Waals surface area contributed by atoms with E-state index in [0.717, 1.165) is 6.42 Å². The maximum absolute atomic E-state index is 3.86. The zero-order chi connectivity index (χ0) is 7.82. The largest absolute Gasteiger partial charge is 2.00 e. The van der Waals surface area contributed by atoms with Gasteiger partial charge in [0.2, 0.25) is 0 Å². The smallest absolute Gasteiger partial charge is 0.358 e. The van der Waals surface area contributed by atoms with E-state index in [0.29, 0.717) is 0 Å². The molecule has 0 spiro atoms. The third-order valence-corrected chi connectivity index (χ3v) is 4.84. The van der Waals surface area contributed by atoms with Crippen LogP contribution in [0.25, 0.3) is 0 Å². The topological polar surface area (TPSA) is 0 Å². The van der Waals surface area contributed by atoms with E-state index in [1.807, 2.05) is 12.2 Å². The van der Waals surface area contributed by atoms with Gasteiger partial charge in [-0.15, -0.1) is 30.1 Å². The minimum Gasteiger partial charge on any atom is -0.358 e. The summed E-state index contributed by atoms with van der Waals surface area (Å²) >= 11 is 0. The Balaban J connectivity index is -0.000000135. The summed E-state index contributed by atoms with van der Waals surface area (Å²) in [4.78, 5) is 0. The third kappa shape index (κ3) is 15.7. The molecule has 0 radical (unpaired) electrons. The van der Waals surface area contributed by atoms with Crippen LogP contribution >= 0.6 is 17.0 Å². The average molecular weight is 274 g/mol. The van der Waals surface area contributed by atoms with Crippen LogP contribution in [0.2, 0.25) is 18.1 Å². The summed E-state index contributed by atoms with van der Waals surface area (Å²) in [5.74, 6) is 0. The Hall–Kier alpha value is 0.943. The molecular formula is C10H21BrMgSi. The summed E-state index contributed by atoms with van der Waals surface area (Å²) in [5, 5.41) is 0. The molecule has 0 saturated heterocycles. The van der Waals surface area contributed by atoms with Gasteiger partial charge in [0.25, 0.3) is 0 Å². The van der Waals surface area contributed by atoms with E-state index >= 15 is 0 Å². The van der Waals surface area contributed by atoms with Gasteiger partial charge < -0.3 is 14.4 Å². The number of hydrogen-bond acceptors (Lipinski definition) is 0. The number of halogens is 1. The van der Waals surface area contributed by atoms with Crippen LogP contribution in [0.15, 0.2) is 25.3 Å². The number of hydrogen-bond donors (Lipinski definition) is 0. The van der Waals surface area contributed by atoms with E-state index in [1.165, 1.54) is 18.1 Å². The molecule has 0 unspecified atom stereocenters. The van der Waals surface area contributed by atoms with Crippen molar-refractivity contribution in [2.24, 2.45) is 0 Å². The van der Waals surface area contributed by atoms with Crippen molar-refractivity contribution in [3.05, 3.63) is 39.7 Å². The SMILES string of the molecule is Br.C=CC[SiH](CC=C)CC[CH2-].[CH3-].[Mg+2]. The van der Waals surface area contributed by atoms with Gasteiger partial charge in [-0.25, -0.2) is 0 Å². The maximum Gasteiger partial charge on any atom is 2.00 e.